The first kappa shape index (κ1) is 22.1. The maximum absolute atomic E-state index is 13.2. The van der Waals surface area contributed by atoms with Crippen molar-refractivity contribution in [1.82, 2.24) is 9.88 Å². The second kappa shape index (κ2) is 9.50. The van der Waals surface area contributed by atoms with Crippen LogP contribution in [0.3, 0.4) is 0 Å². The molecule has 9 nitrogen and oxygen atoms in total. The number of pyridine rings is 1. The maximum Gasteiger partial charge on any atom is 0.277 e. The molecule has 1 amide bonds. The highest BCUT2D eigenvalue weighted by atomic mass is 35.5. The first-order chi connectivity index (χ1) is 14.7. The lowest BCUT2D eigenvalue weighted by Crippen LogP contribution is -2.30. The van der Waals surface area contributed by atoms with Crippen LogP contribution >= 0.6 is 23.2 Å². The molecule has 0 fully saturated rings. The number of halogens is 2. The summed E-state index contributed by atoms with van der Waals surface area (Å²) in [6.07, 6.45) is 1.56. The number of hydrogen-bond donors (Lipinski definition) is 0. The van der Waals surface area contributed by atoms with Crippen molar-refractivity contribution in [2.24, 2.45) is 0 Å². The van der Waals surface area contributed by atoms with E-state index in [0.717, 1.165) is 18.2 Å². The lowest BCUT2D eigenvalue weighted by Gasteiger charge is -2.23. The fourth-order valence-corrected chi connectivity index (χ4v) is 3.18. The number of benzene rings is 2. The van der Waals surface area contributed by atoms with Gasteiger partial charge in [0.25, 0.3) is 17.3 Å². The van der Waals surface area contributed by atoms with Gasteiger partial charge >= 0.3 is 0 Å². The summed E-state index contributed by atoms with van der Waals surface area (Å²) in [7, 11) is 0. The number of amides is 1. The van der Waals surface area contributed by atoms with Crippen molar-refractivity contribution in [3.8, 4) is 0 Å². The Labute approximate surface area is 186 Å². The summed E-state index contributed by atoms with van der Waals surface area (Å²) in [5.74, 6) is -0.636. The fourth-order valence-electron chi connectivity index (χ4n) is 2.86. The Balaban J connectivity index is 2.01. The molecule has 0 N–H and O–H groups in total. The van der Waals surface area contributed by atoms with Gasteiger partial charge in [-0.3, -0.25) is 30.0 Å². The first-order valence-electron chi connectivity index (χ1n) is 8.81. The van der Waals surface area contributed by atoms with Crippen LogP contribution in [-0.2, 0) is 13.1 Å². The minimum Gasteiger partial charge on any atom is -0.328 e. The third-order valence-corrected chi connectivity index (χ3v) is 5.03. The van der Waals surface area contributed by atoms with Crippen LogP contribution in [-0.4, -0.2) is 25.6 Å². The van der Waals surface area contributed by atoms with Gasteiger partial charge in [-0.25, -0.2) is 0 Å². The third kappa shape index (κ3) is 5.53. The number of non-ortho nitro benzene ring substituents is 2. The Morgan fingerprint density at radius 2 is 1.58 bits per heavy atom. The average Bonchev–Trinajstić information content (AvgIpc) is 2.75. The van der Waals surface area contributed by atoms with Crippen molar-refractivity contribution in [3.63, 3.8) is 0 Å². The van der Waals surface area contributed by atoms with E-state index in [9.17, 15) is 25.0 Å². The minimum absolute atomic E-state index is 0.0659. The van der Waals surface area contributed by atoms with E-state index in [1.165, 1.54) is 4.90 Å². The second-order valence-electron chi connectivity index (χ2n) is 6.48. The molecule has 0 saturated heterocycles. The number of nitro benzene ring substituents is 2. The molecule has 0 saturated carbocycles. The highest BCUT2D eigenvalue weighted by molar-refractivity contribution is 6.42. The normalized spacial score (nSPS) is 10.5. The van der Waals surface area contributed by atoms with Crippen LogP contribution in [0.4, 0.5) is 11.4 Å². The van der Waals surface area contributed by atoms with Gasteiger partial charge in [-0.1, -0.05) is 35.3 Å². The summed E-state index contributed by atoms with van der Waals surface area (Å²) < 4.78 is 0. The SMILES string of the molecule is O=C(c1cc([N+](=O)[O-])cc([N+](=O)[O-])c1)N(Cc1ccc(Cl)c(Cl)c1)Cc1ccccn1. The molecule has 158 valence electrons. The lowest BCUT2D eigenvalue weighted by molar-refractivity contribution is -0.394. The molecule has 1 aromatic heterocycles. The zero-order valence-electron chi connectivity index (χ0n) is 15.8. The smallest absolute Gasteiger partial charge is 0.277 e. The molecule has 1 heterocycles. The molecule has 0 aliphatic carbocycles. The van der Waals surface area contributed by atoms with E-state index >= 15 is 0 Å². The van der Waals surface area contributed by atoms with Gasteiger partial charge in [0.05, 0.1) is 43.8 Å². The fraction of sp³-hybridized carbons (Fsp3) is 0.100. The van der Waals surface area contributed by atoms with Crippen molar-refractivity contribution >= 4 is 40.5 Å². The van der Waals surface area contributed by atoms with Crippen LogP contribution in [0.25, 0.3) is 0 Å². The van der Waals surface area contributed by atoms with Crippen LogP contribution in [0.15, 0.2) is 60.8 Å². The average molecular weight is 461 g/mol. The van der Waals surface area contributed by atoms with E-state index in [4.69, 9.17) is 23.2 Å². The monoisotopic (exact) mass is 460 g/mol. The van der Waals surface area contributed by atoms with Crippen molar-refractivity contribution in [2.45, 2.75) is 13.1 Å². The molecule has 11 heteroatoms. The van der Waals surface area contributed by atoms with Crippen LogP contribution in [0.5, 0.6) is 0 Å². The molecule has 0 aliphatic rings. The molecule has 3 rings (SSSR count). The van der Waals surface area contributed by atoms with Gasteiger partial charge in [-0.05, 0) is 29.8 Å². The summed E-state index contributed by atoms with van der Waals surface area (Å²) in [5, 5.41) is 23.0. The standard InChI is InChI=1S/C20H14Cl2N4O5/c21-18-5-4-13(7-19(18)22)11-24(12-15-3-1-2-6-23-15)20(27)14-8-16(25(28)29)10-17(9-14)26(30)31/h1-10H,11-12H2. The van der Waals surface area contributed by atoms with E-state index in [0.29, 0.717) is 21.3 Å². The lowest BCUT2D eigenvalue weighted by atomic mass is 10.1. The molecule has 0 atom stereocenters. The van der Waals surface area contributed by atoms with E-state index in [-0.39, 0.29) is 18.7 Å². The van der Waals surface area contributed by atoms with E-state index in [2.05, 4.69) is 4.98 Å². The largest absolute Gasteiger partial charge is 0.328 e. The van der Waals surface area contributed by atoms with Gasteiger partial charge in [0.1, 0.15) is 0 Å². The molecule has 2 aromatic carbocycles. The molecule has 0 bridgehead atoms. The summed E-state index contributed by atoms with van der Waals surface area (Å²) >= 11 is 12.0. The van der Waals surface area contributed by atoms with E-state index < -0.39 is 27.1 Å². The van der Waals surface area contributed by atoms with Crippen LogP contribution in [0.2, 0.25) is 10.0 Å². The van der Waals surface area contributed by atoms with Gasteiger partial charge in [-0.2, -0.15) is 0 Å². The molecule has 0 spiro atoms. The van der Waals surface area contributed by atoms with E-state index in [1.54, 1.807) is 42.6 Å². The zero-order valence-corrected chi connectivity index (χ0v) is 17.3. The molecule has 3 aromatic rings. The summed E-state index contributed by atoms with van der Waals surface area (Å²) in [6, 6.07) is 12.9. The van der Waals surface area contributed by atoms with Gasteiger partial charge < -0.3 is 4.90 Å². The Morgan fingerprint density at radius 1 is 0.903 bits per heavy atom. The number of hydrogen-bond acceptors (Lipinski definition) is 6. The number of nitro groups is 2. The number of rotatable bonds is 7. The highest BCUT2D eigenvalue weighted by Crippen LogP contribution is 2.26. The summed E-state index contributed by atoms with van der Waals surface area (Å²) in [4.78, 5) is 39.6. The zero-order chi connectivity index (χ0) is 22.5. The Kier molecular flexibility index (Phi) is 6.78. The van der Waals surface area contributed by atoms with Crippen LogP contribution in [0.1, 0.15) is 21.6 Å². The Morgan fingerprint density at radius 3 is 2.13 bits per heavy atom. The summed E-state index contributed by atoms with van der Waals surface area (Å²) in [5.41, 5.74) is -0.0684. The van der Waals surface area contributed by atoms with Crippen molar-refractivity contribution in [3.05, 3.63) is 108 Å². The molecule has 0 radical (unpaired) electrons. The Bertz CT molecular complexity index is 1130. The van der Waals surface area contributed by atoms with Gasteiger partial charge in [0.15, 0.2) is 0 Å². The minimum atomic E-state index is -0.786. The first-order valence-corrected chi connectivity index (χ1v) is 9.57. The quantitative estimate of drug-likeness (QED) is 0.359. The van der Waals surface area contributed by atoms with E-state index in [1.807, 2.05) is 0 Å². The third-order valence-electron chi connectivity index (χ3n) is 4.29. The topological polar surface area (TPSA) is 119 Å². The number of carbonyl (C=O) groups excluding carboxylic acids is 1. The number of carbonyl (C=O) groups is 1. The second-order valence-corrected chi connectivity index (χ2v) is 7.30. The highest BCUT2D eigenvalue weighted by Gasteiger charge is 2.24. The maximum atomic E-state index is 13.2. The number of aromatic nitrogens is 1. The summed E-state index contributed by atoms with van der Waals surface area (Å²) in [6.45, 7) is 0.138. The van der Waals surface area contributed by atoms with Crippen LogP contribution in [0, 0.1) is 20.2 Å². The van der Waals surface area contributed by atoms with Gasteiger partial charge in [0, 0.05) is 24.9 Å². The van der Waals surface area contributed by atoms with Crippen LogP contribution < -0.4 is 0 Å². The number of nitrogens with zero attached hydrogens (tertiary/aromatic N) is 4. The van der Waals surface area contributed by atoms with Crippen molar-refractivity contribution in [1.29, 1.82) is 0 Å². The predicted octanol–water partition coefficient (Wildman–Crippen LogP) is 5.05. The van der Waals surface area contributed by atoms with Gasteiger partial charge in [0.2, 0.25) is 0 Å². The molecular weight excluding hydrogens is 447 g/mol. The van der Waals surface area contributed by atoms with Gasteiger partial charge in [-0.15, -0.1) is 0 Å². The van der Waals surface area contributed by atoms with Crippen molar-refractivity contribution in [2.75, 3.05) is 0 Å². The predicted molar refractivity (Wildman–Crippen MR) is 114 cm³/mol. The Hall–Kier alpha value is -3.56. The molecule has 31 heavy (non-hydrogen) atoms. The molecular formula is C20H14Cl2N4O5. The molecule has 0 aliphatic heterocycles. The van der Waals surface area contributed by atoms with Crippen molar-refractivity contribution < 1.29 is 14.6 Å². The molecule has 0 unspecified atom stereocenters.